The molecule has 0 bridgehead atoms. The van der Waals surface area contributed by atoms with Crippen LogP contribution < -0.4 is 5.32 Å². The van der Waals surface area contributed by atoms with Crippen LogP contribution in [-0.4, -0.2) is 19.2 Å². The smallest absolute Gasteiger partial charge is 0.0995 e. The van der Waals surface area contributed by atoms with Crippen LogP contribution in [0.25, 0.3) is 0 Å². The van der Waals surface area contributed by atoms with Gasteiger partial charge in [-0.25, -0.2) is 0 Å². The summed E-state index contributed by atoms with van der Waals surface area (Å²) in [4.78, 5) is 0. The molecule has 1 aromatic rings. The third-order valence-electron chi connectivity index (χ3n) is 3.73. The molecule has 2 aliphatic rings. The van der Waals surface area contributed by atoms with Crippen molar-refractivity contribution in [3.63, 3.8) is 0 Å². The van der Waals surface area contributed by atoms with Crippen molar-refractivity contribution < 1.29 is 4.74 Å². The maximum Gasteiger partial charge on any atom is 0.0995 e. The number of nitriles is 1. The Morgan fingerprint density at radius 2 is 2.35 bits per heavy atom. The average molecular weight is 228 g/mol. The lowest BCUT2D eigenvalue weighted by atomic mass is 9.89. The van der Waals surface area contributed by atoms with Gasteiger partial charge in [-0.2, -0.15) is 5.26 Å². The molecule has 0 amide bonds. The predicted molar refractivity (Wildman–Crippen MR) is 64.6 cm³/mol. The molecule has 88 valence electrons. The van der Waals surface area contributed by atoms with E-state index in [4.69, 9.17) is 4.74 Å². The standard InChI is InChI=1S/C14H16N2O/c15-9-11-4-1-3-10-6-8-17-14(13(10)11)12-5-2-7-16-12/h1,3-4,12,14,16H,2,5-8H2/t12?,14-/m0/s1. The molecule has 3 nitrogen and oxygen atoms in total. The molecule has 0 aromatic heterocycles. The number of benzene rings is 1. The van der Waals surface area contributed by atoms with Gasteiger partial charge in [0.2, 0.25) is 0 Å². The van der Waals surface area contributed by atoms with Crippen molar-refractivity contribution in [3.8, 4) is 6.07 Å². The molecule has 1 fully saturated rings. The molecule has 1 saturated heterocycles. The number of hydrogen-bond donors (Lipinski definition) is 1. The SMILES string of the molecule is N#Cc1cccc2c1[C@H](C1CCCN1)OCC2. The summed E-state index contributed by atoms with van der Waals surface area (Å²) in [5.41, 5.74) is 3.19. The number of nitrogens with one attached hydrogen (secondary N) is 1. The minimum Gasteiger partial charge on any atom is -0.371 e. The van der Waals surface area contributed by atoms with E-state index in [-0.39, 0.29) is 6.10 Å². The first-order valence-electron chi connectivity index (χ1n) is 6.27. The van der Waals surface area contributed by atoms with Crippen LogP contribution in [0.5, 0.6) is 0 Å². The Balaban J connectivity index is 2.02. The highest BCUT2D eigenvalue weighted by atomic mass is 16.5. The van der Waals surface area contributed by atoms with Gasteiger partial charge in [-0.05, 0) is 37.4 Å². The molecule has 0 saturated carbocycles. The Hall–Kier alpha value is -1.37. The van der Waals surface area contributed by atoms with E-state index in [0.717, 1.165) is 37.1 Å². The topological polar surface area (TPSA) is 45.0 Å². The summed E-state index contributed by atoms with van der Waals surface area (Å²) in [6.07, 6.45) is 3.34. The van der Waals surface area contributed by atoms with E-state index in [1.165, 1.54) is 12.0 Å². The van der Waals surface area contributed by atoms with Crippen LogP contribution in [0.15, 0.2) is 18.2 Å². The molecule has 2 heterocycles. The first kappa shape index (κ1) is 10.8. The maximum absolute atomic E-state index is 9.23. The van der Waals surface area contributed by atoms with Gasteiger partial charge in [-0.1, -0.05) is 12.1 Å². The highest BCUT2D eigenvalue weighted by Crippen LogP contribution is 2.34. The Labute approximate surface area is 101 Å². The summed E-state index contributed by atoms with van der Waals surface area (Å²) < 4.78 is 5.92. The summed E-state index contributed by atoms with van der Waals surface area (Å²) >= 11 is 0. The van der Waals surface area contributed by atoms with Gasteiger partial charge in [0.05, 0.1) is 24.3 Å². The van der Waals surface area contributed by atoms with E-state index < -0.39 is 0 Å². The lowest BCUT2D eigenvalue weighted by Crippen LogP contribution is -2.34. The number of nitrogens with zero attached hydrogens (tertiary/aromatic N) is 1. The predicted octanol–water partition coefficient (Wildman–Crippen LogP) is 1.92. The molecule has 0 radical (unpaired) electrons. The fraction of sp³-hybridized carbons (Fsp3) is 0.500. The van der Waals surface area contributed by atoms with Crippen molar-refractivity contribution in [2.45, 2.75) is 31.4 Å². The Morgan fingerprint density at radius 3 is 3.12 bits per heavy atom. The third-order valence-corrected chi connectivity index (χ3v) is 3.73. The monoisotopic (exact) mass is 228 g/mol. The van der Waals surface area contributed by atoms with E-state index in [0.29, 0.717) is 6.04 Å². The number of ether oxygens (including phenoxy) is 1. The Morgan fingerprint density at radius 1 is 1.41 bits per heavy atom. The summed E-state index contributed by atoms with van der Waals surface area (Å²) in [6, 6.07) is 8.68. The Kier molecular flexibility index (Phi) is 2.84. The molecule has 0 aliphatic carbocycles. The van der Waals surface area contributed by atoms with Crippen LogP contribution in [-0.2, 0) is 11.2 Å². The number of hydrogen-bond acceptors (Lipinski definition) is 3. The van der Waals surface area contributed by atoms with E-state index in [2.05, 4.69) is 17.5 Å². The molecule has 17 heavy (non-hydrogen) atoms. The molecule has 2 aliphatic heterocycles. The fourth-order valence-corrected chi connectivity index (χ4v) is 2.93. The second kappa shape index (κ2) is 4.48. The lowest BCUT2D eigenvalue weighted by Gasteiger charge is -2.31. The molecule has 3 rings (SSSR count). The molecule has 2 atom stereocenters. The van der Waals surface area contributed by atoms with E-state index in [1.54, 1.807) is 0 Å². The van der Waals surface area contributed by atoms with Crippen LogP contribution in [0.3, 0.4) is 0 Å². The molecule has 3 heteroatoms. The fourth-order valence-electron chi connectivity index (χ4n) is 2.93. The van der Waals surface area contributed by atoms with Gasteiger partial charge in [-0.15, -0.1) is 0 Å². The van der Waals surface area contributed by atoms with Gasteiger partial charge in [0.15, 0.2) is 0 Å². The zero-order valence-corrected chi connectivity index (χ0v) is 9.78. The van der Waals surface area contributed by atoms with Gasteiger partial charge >= 0.3 is 0 Å². The van der Waals surface area contributed by atoms with Crippen LogP contribution in [0, 0.1) is 11.3 Å². The first-order valence-corrected chi connectivity index (χ1v) is 6.27. The van der Waals surface area contributed by atoms with Crippen LogP contribution in [0.1, 0.15) is 35.6 Å². The van der Waals surface area contributed by atoms with Gasteiger partial charge in [0.1, 0.15) is 0 Å². The van der Waals surface area contributed by atoms with Crippen molar-refractivity contribution in [1.82, 2.24) is 5.32 Å². The molecule has 0 spiro atoms. The minimum atomic E-state index is 0.0668. The molecular formula is C14H16N2O. The van der Waals surface area contributed by atoms with E-state index >= 15 is 0 Å². The van der Waals surface area contributed by atoms with Crippen LogP contribution in [0.2, 0.25) is 0 Å². The van der Waals surface area contributed by atoms with Crippen LogP contribution in [0.4, 0.5) is 0 Å². The summed E-state index contributed by atoms with van der Waals surface area (Å²) in [6.45, 7) is 1.83. The van der Waals surface area contributed by atoms with E-state index in [9.17, 15) is 5.26 Å². The number of rotatable bonds is 1. The van der Waals surface area contributed by atoms with Crippen molar-refractivity contribution in [3.05, 3.63) is 34.9 Å². The quantitative estimate of drug-likeness (QED) is 0.798. The van der Waals surface area contributed by atoms with Crippen LogP contribution >= 0.6 is 0 Å². The first-order chi connectivity index (χ1) is 8.40. The summed E-state index contributed by atoms with van der Waals surface area (Å²) in [5.74, 6) is 0. The average Bonchev–Trinajstić information content (AvgIpc) is 2.91. The third kappa shape index (κ3) is 1.84. The van der Waals surface area contributed by atoms with Crippen molar-refractivity contribution in [2.24, 2.45) is 0 Å². The molecule has 1 aromatic carbocycles. The number of fused-ring (bicyclic) bond motifs is 1. The highest BCUT2D eigenvalue weighted by molar-refractivity contribution is 5.46. The van der Waals surface area contributed by atoms with Gasteiger partial charge in [-0.3, -0.25) is 0 Å². The summed E-state index contributed by atoms with van der Waals surface area (Å²) in [5, 5.41) is 12.7. The molecule has 1 unspecified atom stereocenters. The Bertz CT molecular complexity index is 458. The second-order valence-corrected chi connectivity index (χ2v) is 4.73. The van der Waals surface area contributed by atoms with Crippen molar-refractivity contribution in [2.75, 3.05) is 13.2 Å². The highest BCUT2D eigenvalue weighted by Gasteiger charge is 2.32. The molecular weight excluding hydrogens is 212 g/mol. The van der Waals surface area contributed by atoms with Gasteiger partial charge in [0, 0.05) is 11.6 Å². The maximum atomic E-state index is 9.23. The van der Waals surface area contributed by atoms with Crippen molar-refractivity contribution in [1.29, 1.82) is 5.26 Å². The second-order valence-electron chi connectivity index (χ2n) is 4.73. The summed E-state index contributed by atoms with van der Waals surface area (Å²) in [7, 11) is 0. The molecule has 1 N–H and O–H groups in total. The van der Waals surface area contributed by atoms with E-state index in [1.807, 2.05) is 12.1 Å². The minimum absolute atomic E-state index is 0.0668. The zero-order chi connectivity index (χ0) is 11.7. The van der Waals surface area contributed by atoms with Crippen molar-refractivity contribution >= 4 is 0 Å². The largest absolute Gasteiger partial charge is 0.371 e. The van der Waals surface area contributed by atoms with Gasteiger partial charge in [0.25, 0.3) is 0 Å². The van der Waals surface area contributed by atoms with Gasteiger partial charge < -0.3 is 10.1 Å². The lowest BCUT2D eigenvalue weighted by molar-refractivity contribution is 0.0197. The normalized spacial score (nSPS) is 27.5. The zero-order valence-electron chi connectivity index (χ0n) is 9.78.